The number of para-hydroxylation sites is 1. The summed E-state index contributed by atoms with van der Waals surface area (Å²) < 4.78 is 11.0. The van der Waals surface area contributed by atoms with Gasteiger partial charge < -0.3 is 19.7 Å². The lowest BCUT2D eigenvalue weighted by Gasteiger charge is -2.33. The Bertz CT molecular complexity index is 1530. The van der Waals surface area contributed by atoms with Gasteiger partial charge in [-0.25, -0.2) is 9.59 Å². The van der Waals surface area contributed by atoms with E-state index in [1.165, 1.54) is 0 Å². The zero-order valence-electron chi connectivity index (χ0n) is 27.3. The first-order valence-corrected chi connectivity index (χ1v) is 17.1. The number of hydrogen-bond acceptors (Lipinski definition) is 6. The normalized spacial score (nSPS) is 12.2. The number of urea groups is 1. The van der Waals surface area contributed by atoms with Crippen molar-refractivity contribution in [2.45, 2.75) is 57.0 Å². The second-order valence-electron chi connectivity index (χ2n) is 11.7. The molecule has 0 aliphatic rings. The van der Waals surface area contributed by atoms with Gasteiger partial charge in [-0.15, -0.1) is 11.8 Å². The van der Waals surface area contributed by atoms with Crippen LogP contribution in [-0.4, -0.2) is 53.9 Å². The van der Waals surface area contributed by atoms with E-state index < -0.39 is 24.1 Å². The SMILES string of the molecule is CCOC(=O)CC(CSc1ccccc1)N(CCC(C)C)C(=O)N[C@@H](Cc1ccc(-c2ccccc2)cc1)C(=O)Oc1ccccc1. The van der Waals surface area contributed by atoms with Crippen LogP contribution in [-0.2, 0) is 20.7 Å². The molecule has 0 aliphatic heterocycles. The molecule has 0 saturated heterocycles. The third-order valence-corrected chi connectivity index (χ3v) is 8.74. The maximum atomic E-state index is 14.2. The summed E-state index contributed by atoms with van der Waals surface area (Å²) in [6.07, 6.45) is 0.994. The van der Waals surface area contributed by atoms with Crippen molar-refractivity contribution in [3.8, 4) is 16.9 Å². The summed E-state index contributed by atoms with van der Waals surface area (Å²) in [7, 11) is 0. The Morgan fingerprint density at radius 2 is 1.38 bits per heavy atom. The van der Waals surface area contributed by atoms with Crippen LogP contribution >= 0.6 is 11.8 Å². The van der Waals surface area contributed by atoms with Crippen LogP contribution in [0.15, 0.2) is 120 Å². The van der Waals surface area contributed by atoms with Crippen molar-refractivity contribution in [1.82, 2.24) is 10.2 Å². The fourth-order valence-corrected chi connectivity index (χ4v) is 6.06. The molecular weight excluding hydrogens is 609 g/mol. The number of amides is 2. The number of carbonyl (C=O) groups excluding carboxylic acids is 3. The molecule has 0 bridgehead atoms. The predicted molar refractivity (Wildman–Crippen MR) is 188 cm³/mol. The van der Waals surface area contributed by atoms with Gasteiger partial charge in [-0.05, 0) is 60.2 Å². The van der Waals surface area contributed by atoms with Gasteiger partial charge in [-0.3, -0.25) is 4.79 Å². The second kappa shape index (κ2) is 18.6. The van der Waals surface area contributed by atoms with Gasteiger partial charge in [0.1, 0.15) is 11.8 Å². The van der Waals surface area contributed by atoms with E-state index in [2.05, 4.69) is 19.2 Å². The van der Waals surface area contributed by atoms with E-state index in [1.54, 1.807) is 47.9 Å². The summed E-state index contributed by atoms with van der Waals surface area (Å²) in [4.78, 5) is 43.3. The third-order valence-electron chi connectivity index (χ3n) is 7.59. The Morgan fingerprint density at radius 3 is 2.00 bits per heavy atom. The molecule has 4 rings (SSSR count). The van der Waals surface area contributed by atoms with Crippen molar-refractivity contribution in [3.63, 3.8) is 0 Å². The monoisotopic (exact) mass is 652 g/mol. The van der Waals surface area contributed by atoms with E-state index in [0.717, 1.165) is 28.0 Å². The predicted octanol–water partition coefficient (Wildman–Crippen LogP) is 8.04. The van der Waals surface area contributed by atoms with E-state index in [0.29, 0.717) is 24.0 Å². The third kappa shape index (κ3) is 11.6. The number of nitrogens with zero attached hydrogens (tertiary/aromatic N) is 1. The molecule has 4 aromatic carbocycles. The molecule has 2 atom stereocenters. The van der Waals surface area contributed by atoms with Crippen molar-refractivity contribution >= 4 is 29.7 Å². The molecule has 246 valence electrons. The Kier molecular flexibility index (Phi) is 13.9. The van der Waals surface area contributed by atoms with E-state index in [9.17, 15) is 14.4 Å². The lowest BCUT2D eigenvalue weighted by molar-refractivity contribution is -0.144. The van der Waals surface area contributed by atoms with Crippen LogP contribution in [0, 0.1) is 5.92 Å². The van der Waals surface area contributed by atoms with Crippen LogP contribution in [0.1, 0.15) is 39.2 Å². The summed E-state index contributed by atoms with van der Waals surface area (Å²) in [6, 6.07) is 34.8. The first-order chi connectivity index (χ1) is 22.8. The van der Waals surface area contributed by atoms with Gasteiger partial charge in [-0.2, -0.15) is 0 Å². The minimum absolute atomic E-state index is 0.0409. The molecule has 0 saturated carbocycles. The fraction of sp³-hybridized carbons (Fsp3) is 0.308. The molecule has 0 spiro atoms. The zero-order valence-corrected chi connectivity index (χ0v) is 28.2. The average Bonchev–Trinajstić information content (AvgIpc) is 3.08. The van der Waals surface area contributed by atoms with Crippen molar-refractivity contribution < 1.29 is 23.9 Å². The van der Waals surface area contributed by atoms with Crippen molar-refractivity contribution in [3.05, 3.63) is 121 Å². The number of rotatable bonds is 16. The van der Waals surface area contributed by atoms with Gasteiger partial charge >= 0.3 is 18.0 Å². The molecule has 0 heterocycles. The maximum absolute atomic E-state index is 14.2. The molecule has 0 aromatic heterocycles. The van der Waals surface area contributed by atoms with Crippen LogP contribution in [0.3, 0.4) is 0 Å². The smallest absolute Gasteiger partial charge is 0.334 e. The number of carbonyl (C=O) groups is 3. The van der Waals surface area contributed by atoms with Crippen LogP contribution in [0.5, 0.6) is 5.75 Å². The van der Waals surface area contributed by atoms with Crippen LogP contribution in [0.4, 0.5) is 4.79 Å². The number of benzene rings is 4. The minimum atomic E-state index is -0.975. The van der Waals surface area contributed by atoms with E-state index in [4.69, 9.17) is 9.47 Å². The van der Waals surface area contributed by atoms with Crippen molar-refractivity contribution in [2.75, 3.05) is 18.9 Å². The van der Waals surface area contributed by atoms with Crippen LogP contribution in [0.2, 0.25) is 0 Å². The molecule has 8 heteroatoms. The molecular formula is C39H44N2O5S. The van der Waals surface area contributed by atoms with Crippen LogP contribution in [0.25, 0.3) is 11.1 Å². The molecule has 47 heavy (non-hydrogen) atoms. The number of thioether (sulfide) groups is 1. The lowest BCUT2D eigenvalue weighted by Crippen LogP contribution is -2.54. The maximum Gasteiger partial charge on any atom is 0.334 e. The van der Waals surface area contributed by atoms with E-state index in [-0.39, 0.29) is 25.4 Å². The van der Waals surface area contributed by atoms with Gasteiger partial charge in [0, 0.05) is 23.6 Å². The quantitative estimate of drug-likeness (QED) is 0.0749. The molecule has 7 nitrogen and oxygen atoms in total. The number of ether oxygens (including phenoxy) is 2. The summed E-state index contributed by atoms with van der Waals surface area (Å²) in [5, 5.41) is 2.99. The van der Waals surface area contributed by atoms with Gasteiger partial charge in [0.05, 0.1) is 19.1 Å². The first-order valence-electron chi connectivity index (χ1n) is 16.1. The topological polar surface area (TPSA) is 84.9 Å². The highest BCUT2D eigenvalue weighted by Crippen LogP contribution is 2.24. The molecule has 0 aliphatic carbocycles. The highest BCUT2D eigenvalue weighted by Gasteiger charge is 2.31. The van der Waals surface area contributed by atoms with Gasteiger partial charge in [0.2, 0.25) is 0 Å². The Labute approximate surface area is 282 Å². The van der Waals surface area contributed by atoms with Crippen molar-refractivity contribution in [1.29, 1.82) is 0 Å². The number of esters is 2. The zero-order chi connectivity index (χ0) is 33.4. The number of nitrogens with one attached hydrogen (secondary N) is 1. The van der Waals surface area contributed by atoms with Gasteiger partial charge in [0.25, 0.3) is 0 Å². The average molecular weight is 653 g/mol. The van der Waals surface area contributed by atoms with Crippen LogP contribution < -0.4 is 10.1 Å². The largest absolute Gasteiger partial charge is 0.466 e. The van der Waals surface area contributed by atoms with E-state index >= 15 is 0 Å². The summed E-state index contributed by atoms with van der Waals surface area (Å²) in [5.74, 6) is 0.256. The minimum Gasteiger partial charge on any atom is -0.466 e. The summed E-state index contributed by atoms with van der Waals surface area (Å²) >= 11 is 1.58. The summed E-state index contributed by atoms with van der Waals surface area (Å²) in [6.45, 7) is 6.62. The first kappa shape index (κ1) is 35.3. The Hall–Kier alpha value is -4.56. The fourth-order valence-electron chi connectivity index (χ4n) is 5.03. The Balaban J connectivity index is 1.59. The molecule has 0 radical (unpaired) electrons. The van der Waals surface area contributed by atoms with E-state index in [1.807, 2.05) is 91.0 Å². The molecule has 2 amide bonds. The summed E-state index contributed by atoms with van der Waals surface area (Å²) in [5.41, 5.74) is 3.02. The van der Waals surface area contributed by atoms with Gasteiger partial charge in [-0.1, -0.05) is 105 Å². The molecule has 0 fully saturated rings. The molecule has 1 N–H and O–H groups in total. The van der Waals surface area contributed by atoms with Crippen molar-refractivity contribution in [2.24, 2.45) is 5.92 Å². The molecule has 4 aromatic rings. The highest BCUT2D eigenvalue weighted by atomic mass is 32.2. The standard InChI is InChI=1S/C39H44N2O5S/c1-4-45-37(42)27-33(28-47-35-18-12-7-13-19-35)41(25-24-29(2)3)39(44)40-36(38(43)46-34-16-10-6-11-17-34)26-30-20-22-32(23-21-30)31-14-8-5-9-15-31/h5-23,29,33,36H,4,24-28H2,1-3H3,(H,40,44)/t33?,36-/m0/s1. The lowest BCUT2D eigenvalue weighted by atomic mass is 10.0. The highest BCUT2D eigenvalue weighted by molar-refractivity contribution is 7.99. The number of hydrogen-bond donors (Lipinski definition) is 1. The molecule has 1 unspecified atom stereocenters. The van der Waals surface area contributed by atoms with Gasteiger partial charge in [0.15, 0.2) is 0 Å². The Morgan fingerprint density at radius 1 is 0.787 bits per heavy atom. The second-order valence-corrected chi connectivity index (χ2v) is 12.8.